The topological polar surface area (TPSA) is 83.1 Å². The average Bonchev–Trinajstić information content (AvgIpc) is 2.60. The summed E-state index contributed by atoms with van der Waals surface area (Å²) in [5.41, 5.74) is 0.172. The number of rotatable bonds is 9. The number of esters is 1. The predicted molar refractivity (Wildman–Crippen MR) is 100 cm³/mol. The summed E-state index contributed by atoms with van der Waals surface area (Å²) in [7, 11) is 1.27. The Hall–Kier alpha value is -2.72. The van der Waals surface area contributed by atoms with Crippen molar-refractivity contribution in [2.24, 2.45) is 0 Å². The van der Waals surface area contributed by atoms with Crippen LogP contribution in [0.15, 0.2) is 24.3 Å². The van der Waals surface area contributed by atoms with Crippen LogP contribution in [0.25, 0.3) is 0 Å². The van der Waals surface area contributed by atoms with Gasteiger partial charge in [-0.15, -0.1) is 6.42 Å². The molecule has 148 valence electrons. The summed E-state index contributed by atoms with van der Waals surface area (Å²) in [5, 5.41) is 2.54. The van der Waals surface area contributed by atoms with E-state index in [1.54, 1.807) is 32.9 Å². The van der Waals surface area contributed by atoms with E-state index in [0.29, 0.717) is 19.0 Å². The van der Waals surface area contributed by atoms with Gasteiger partial charge in [0.05, 0.1) is 13.7 Å². The summed E-state index contributed by atoms with van der Waals surface area (Å²) in [6.07, 6.45) is 4.67. The Labute approximate surface area is 160 Å². The Balaban J connectivity index is 2.61. The molecule has 0 saturated carbocycles. The van der Waals surface area contributed by atoms with E-state index in [9.17, 15) is 9.59 Å². The Kier molecular flexibility index (Phi) is 9.17. The molecule has 1 atom stereocenters. The van der Waals surface area contributed by atoms with Crippen molar-refractivity contribution in [3.8, 4) is 18.1 Å². The van der Waals surface area contributed by atoms with Gasteiger partial charge in [0.1, 0.15) is 30.6 Å². The number of benzene rings is 1. The molecule has 0 aliphatic heterocycles. The summed E-state index contributed by atoms with van der Waals surface area (Å²) in [5.74, 6) is 2.49. The molecule has 1 rings (SSSR count). The van der Waals surface area contributed by atoms with Crippen molar-refractivity contribution in [1.82, 2.24) is 5.32 Å². The zero-order valence-electron chi connectivity index (χ0n) is 16.2. The highest BCUT2D eigenvalue weighted by molar-refractivity contribution is 5.81. The standard InChI is InChI=1S/C20H27NO6/c1-6-11-25-12-13-26-16-9-7-15(8-10-16)14-17(18(22)24-5)21-19(23)27-20(2,3)4/h1,7-10,17H,11-14H2,2-5H3,(H,21,23)/t17-/m0/s1. The molecular weight excluding hydrogens is 350 g/mol. The minimum Gasteiger partial charge on any atom is -0.491 e. The highest BCUT2D eigenvalue weighted by Crippen LogP contribution is 2.14. The number of carbonyl (C=O) groups excluding carboxylic acids is 2. The number of carbonyl (C=O) groups is 2. The lowest BCUT2D eigenvalue weighted by molar-refractivity contribution is -0.143. The molecule has 0 fully saturated rings. The Morgan fingerprint density at radius 2 is 1.85 bits per heavy atom. The molecule has 0 saturated heterocycles. The highest BCUT2D eigenvalue weighted by Gasteiger charge is 2.25. The number of nitrogens with one attached hydrogen (secondary N) is 1. The van der Waals surface area contributed by atoms with Gasteiger partial charge in [0, 0.05) is 6.42 Å². The van der Waals surface area contributed by atoms with Crippen molar-refractivity contribution >= 4 is 12.1 Å². The van der Waals surface area contributed by atoms with Gasteiger partial charge in [-0.25, -0.2) is 9.59 Å². The third kappa shape index (κ3) is 9.52. The number of alkyl carbamates (subject to hydrolysis) is 1. The number of ether oxygens (including phenoxy) is 4. The molecule has 0 radical (unpaired) electrons. The first-order chi connectivity index (χ1) is 12.7. The van der Waals surface area contributed by atoms with Crippen molar-refractivity contribution in [2.75, 3.05) is 26.9 Å². The molecule has 7 heteroatoms. The van der Waals surface area contributed by atoms with Gasteiger partial charge in [-0.1, -0.05) is 18.1 Å². The molecule has 1 amide bonds. The van der Waals surface area contributed by atoms with Gasteiger partial charge in [-0.05, 0) is 38.5 Å². The number of hydrogen-bond donors (Lipinski definition) is 1. The smallest absolute Gasteiger partial charge is 0.408 e. The zero-order valence-corrected chi connectivity index (χ0v) is 16.2. The summed E-state index contributed by atoms with van der Waals surface area (Å²) in [6.45, 7) is 6.27. The van der Waals surface area contributed by atoms with Crippen LogP contribution in [0.4, 0.5) is 4.79 Å². The quantitative estimate of drug-likeness (QED) is 0.404. The predicted octanol–water partition coefficient (Wildman–Crippen LogP) is 2.32. The molecule has 0 aliphatic carbocycles. The van der Waals surface area contributed by atoms with Crippen LogP contribution in [0.5, 0.6) is 5.75 Å². The first-order valence-corrected chi connectivity index (χ1v) is 8.55. The van der Waals surface area contributed by atoms with Gasteiger partial charge in [-0.3, -0.25) is 0 Å². The van der Waals surface area contributed by atoms with Crippen LogP contribution < -0.4 is 10.1 Å². The Morgan fingerprint density at radius 1 is 1.19 bits per heavy atom. The fourth-order valence-corrected chi connectivity index (χ4v) is 2.09. The molecule has 0 aromatic heterocycles. The first kappa shape index (κ1) is 22.3. The van der Waals surface area contributed by atoms with Crippen molar-refractivity contribution in [3.05, 3.63) is 29.8 Å². The van der Waals surface area contributed by atoms with E-state index >= 15 is 0 Å². The molecule has 1 N–H and O–H groups in total. The normalized spacial score (nSPS) is 11.8. The van der Waals surface area contributed by atoms with Gasteiger partial charge >= 0.3 is 12.1 Å². The van der Waals surface area contributed by atoms with Crippen LogP contribution in [0.1, 0.15) is 26.3 Å². The molecule has 0 heterocycles. The second kappa shape index (κ2) is 11.1. The van der Waals surface area contributed by atoms with Crippen molar-refractivity contribution in [1.29, 1.82) is 0 Å². The van der Waals surface area contributed by atoms with Crippen LogP contribution in [-0.4, -0.2) is 50.6 Å². The van der Waals surface area contributed by atoms with Gasteiger partial charge in [0.2, 0.25) is 0 Å². The summed E-state index contributed by atoms with van der Waals surface area (Å²) >= 11 is 0. The maximum atomic E-state index is 12.0. The molecule has 27 heavy (non-hydrogen) atoms. The zero-order chi connectivity index (χ0) is 20.3. The number of amides is 1. The summed E-state index contributed by atoms with van der Waals surface area (Å²) in [6, 6.07) is 6.32. The van der Waals surface area contributed by atoms with E-state index in [1.165, 1.54) is 7.11 Å². The molecule has 0 bridgehead atoms. The molecule has 0 spiro atoms. The van der Waals surface area contributed by atoms with Crippen LogP contribution in [-0.2, 0) is 25.4 Å². The van der Waals surface area contributed by atoms with Crippen LogP contribution >= 0.6 is 0 Å². The van der Waals surface area contributed by atoms with Crippen molar-refractivity contribution in [3.63, 3.8) is 0 Å². The van der Waals surface area contributed by atoms with E-state index in [-0.39, 0.29) is 13.0 Å². The summed E-state index contributed by atoms with van der Waals surface area (Å²) in [4.78, 5) is 23.9. The van der Waals surface area contributed by atoms with Gasteiger partial charge < -0.3 is 24.3 Å². The Bertz CT molecular complexity index is 642. The maximum absolute atomic E-state index is 12.0. The SMILES string of the molecule is C#CCOCCOc1ccc(C[C@H](NC(=O)OC(C)(C)C)C(=O)OC)cc1. The highest BCUT2D eigenvalue weighted by atomic mass is 16.6. The van der Waals surface area contributed by atoms with E-state index in [1.807, 2.05) is 12.1 Å². The Morgan fingerprint density at radius 3 is 2.41 bits per heavy atom. The van der Waals surface area contributed by atoms with Gasteiger partial charge in [-0.2, -0.15) is 0 Å². The third-order valence-electron chi connectivity index (χ3n) is 3.22. The minimum absolute atomic E-state index is 0.252. The lowest BCUT2D eigenvalue weighted by atomic mass is 10.1. The molecule has 1 aromatic rings. The largest absolute Gasteiger partial charge is 0.491 e. The van der Waals surface area contributed by atoms with E-state index < -0.39 is 23.7 Å². The molecule has 7 nitrogen and oxygen atoms in total. The van der Waals surface area contributed by atoms with Crippen molar-refractivity contribution < 1.29 is 28.5 Å². The minimum atomic E-state index is -0.853. The molecule has 1 aromatic carbocycles. The molecule has 0 aliphatic rings. The number of hydrogen-bond acceptors (Lipinski definition) is 6. The molecule has 0 unspecified atom stereocenters. The number of terminal acetylenes is 1. The molecular formula is C20H27NO6. The lowest BCUT2D eigenvalue weighted by Gasteiger charge is -2.22. The van der Waals surface area contributed by atoms with Crippen molar-refractivity contribution in [2.45, 2.75) is 38.8 Å². The second-order valence-electron chi connectivity index (χ2n) is 6.68. The number of methoxy groups -OCH3 is 1. The van der Waals surface area contributed by atoms with E-state index in [4.69, 9.17) is 25.4 Å². The lowest BCUT2D eigenvalue weighted by Crippen LogP contribution is -2.45. The third-order valence-corrected chi connectivity index (χ3v) is 3.22. The van der Waals surface area contributed by atoms with Gasteiger partial charge in [0.25, 0.3) is 0 Å². The van der Waals surface area contributed by atoms with Crippen LogP contribution in [0.2, 0.25) is 0 Å². The van der Waals surface area contributed by atoms with E-state index in [2.05, 4.69) is 11.2 Å². The maximum Gasteiger partial charge on any atom is 0.408 e. The fraction of sp³-hybridized carbons (Fsp3) is 0.500. The van der Waals surface area contributed by atoms with Crippen LogP contribution in [0.3, 0.4) is 0 Å². The second-order valence-corrected chi connectivity index (χ2v) is 6.68. The monoisotopic (exact) mass is 377 g/mol. The van der Waals surface area contributed by atoms with Gasteiger partial charge in [0.15, 0.2) is 0 Å². The summed E-state index contributed by atoms with van der Waals surface area (Å²) < 4.78 is 20.6. The van der Waals surface area contributed by atoms with Crippen LogP contribution in [0, 0.1) is 12.3 Å². The fourth-order valence-electron chi connectivity index (χ4n) is 2.09. The first-order valence-electron chi connectivity index (χ1n) is 8.55. The van der Waals surface area contributed by atoms with E-state index in [0.717, 1.165) is 5.56 Å². The average molecular weight is 377 g/mol.